The van der Waals surface area contributed by atoms with Crippen LogP contribution in [0.3, 0.4) is 0 Å². The molecule has 1 aromatic heterocycles. The van der Waals surface area contributed by atoms with E-state index in [2.05, 4.69) is 38.4 Å². The summed E-state index contributed by atoms with van der Waals surface area (Å²) in [4.78, 5) is 17.0. The van der Waals surface area contributed by atoms with Gasteiger partial charge in [-0.3, -0.25) is 4.79 Å². The second-order valence-electron chi connectivity index (χ2n) is 5.63. The summed E-state index contributed by atoms with van der Waals surface area (Å²) >= 11 is 5.06. The molecule has 1 amide bonds. The van der Waals surface area contributed by atoms with Crippen LogP contribution in [0, 0.1) is 0 Å². The zero-order chi connectivity index (χ0) is 16.8. The predicted molar refractivity (Wildman–Crippen MR) is 99.2 cm³/mol. The molecule has 0 unspecified atom stereocenters. The Morgan fingerprint density at radius 2 is 2.12 bits per heavy atom. The number of rotatable bonds is 5. The number of aromatic nitrogens is 1. The number of ether oxygens (including phenoxy) is 1. The van der Waals surface area contributed by atoms with Crippen molar-refractivity contribution in [1.29, 1.82) is 0 Å². The molecule has 1 saturated heterocycles. The maximum absolute atomic E-state index is 12.6. The van der Waals surface area contributed by atoms with Crippen LogP contribution in [0.2, 0.25) is 0 Å². The Morgan fingerprint density at radius 1 is 1.29 bits per heavy atom. The van der Waals surface area contributed by atoms with Crippen LogP contribution in [-0.2, 0) is 10.5 Å². The Hall–Kier alpha value is -1.37. The van der Waals surface area contributed by atoms with Crippen molar-refractivity contribution in [3.05, 3.63) is 58.2 Å². The van der Waals surface area contributed by atoms with Crippen LogP contribution in [0.5, 0.6) is 0 Å². The Kier molecular flexibility index (Phi) is 6.29. The number of pyridine rings is 1. The third kappa shape index (κ3) is 4.82. The lowest BCUT2D eigenvalue weighted by Gasteiger charge is -2.23. The molecule has 1 aliphatic rings. The molecule has 126 valence electrons. The molecule has 3 rings (SSSR count). The molecule has 0 spiro atoms. The first-order chi connectivity index (χ1) is 11.7. The zero-order valence-corrected chi connectivity index (χ0v) is 15.6. The number of nitrogens with zero attached hydrogens (tertiary/aromatic N) is 1. The lowest BCUT2D eigenvalue weighted by atomic mass is 10.1. The molecule has 0 saturated carbocycles. The van der Waals surface area contributed by atoms with Crippen LogP contribution in [0.1, 0.15) is 28.8 Å². The molecule has 1 aliphatic heterocycles. The van der Waals surface area contributed by atoms with Gasteiger partial charge in [-0.05, 0) is 42.7 Å². The molecule has 0 atom stereocenters. The van der Waals surface area contributed by atoms with E-state index >= 15 is 0 Å². The molecule has 4 nitrogen and oxygen atoms in total. The Labute approximate surface area is 154 Å². The summed E-state index contributed by atoms with van der Waals surface area (Å²) in [5.41, 5.74) is 1.83. The third-order valence-corrected chi connectivity index (χ3v) is 5.41. The minimum absolute atomic E-state index is 0.0493. The SMILES string of the molecule is O=C(NC1CCOCC1)c1cccnc1SCc1cccc(Br)c1. The topological polar surface area (TPSA) is 51.2 Å². The first kappa shape index (κ1) is 17.5. The number of nitrogens with one attached hydrogen (secondary N) is 1. The van der Waals surface area contributed by atoms with Crippen LogP contribution >= 0.6 is 27.7 Å². The van der Waals surface area contributed by atoms with E-state index in [9.17, 15) is 4.79 Å². The first-order valence-electron chi connectivity index (χ1n) is 7.93. The second kappa shape index (κ2) is 8.65. The summed E-state index contributed by atoms with van der Waals surface area (Å²) in [6.07, 6.45) is 3.47. The van der Waals surface area contributed by atoms with Gasteiger partial charge in [-0.2, -0.15) is 0 Å². The molecule has 0 bridgehead atoms. The quantitative estimate of drug-likeness (QED) is 0.760. The number of thioether (sulfide) groups is 1. The number of hydrogen-bond donors (Lipinski definition) is 1. The van der Waals surface area contributed by atoms with Gasteiger partial charge in [-0.15, -0.1) is 11.8 Å². The largest absolute Gasteiger partial charge is 0.381 e. The van der Waals surface area contributed by atoms with Gasteiger partial charge >= 0.3 is 0 Å². The molecular weight excluding hydrogens is 388 g/mol. The van der Waals surface area contributed by atoms with Crippen LogP contribution in [0.15, 0.2) is 52.1 Å². The molecule has 2 aromatic rings. The highest BCUT2D eigenvalue weighted by atomic mass is 79.9. The number of benzene rings is 1. The molecule has 6 heteroatoms. The highest BCUT2D eigenvalue weighted by molar-refractivity contribution is 9.10. The second-order valence-corrected chi connectivity index (χ2v) is 7.51. The van der Waals surface area contributed by atoms with Crippen molar-refractivity contribution in [3.63, 3.8) is 0 Å². The van der Waals surface area contributed by atoms with E-state index in [1.54, 1.807) is 18.0 Å². The number of carbonyl (C=O) groups is 1. The van der Waals surface area contributed by atoms with Crippen LogP contribution in [0.4, 0.5) is 0 Å². The van der Waals surface area contributed by atoms with E-state index in [0.717, 1.165) is 28.1 Å². The molecule has 1 N–H and O–H groups in total. The molecule has 1 fully saturated rings. The van der Waals surface area contributed by atoms with Gasteiger partial charge in [-0.25, -0.2) is 4.98 Å². The van der Waals surface area contributed by atoms with Crippen molar-refractivity contribution in [1.82, 2.24) is 10.3 Å². The highest BCUT2D eigenvalue weighted by Gasteiger charge is 2.19. The summed E-state index contributed by atoms with van der Waals surface area (Å²) in [5.74, 6) is 0.723. The standard InChI is InChI=1S/C18H19BrN2O2S/c19-14-4-1-3-13(11-14)12-24-18-16(5-2-8-20-18)17(22)21-15-6-9-23-10-7-15/h1-5,8,11,15H,6-7,9-10,12H2,(H,21,22). The zero-order valence-electron chi connectivity index (χ0n) is 13.2. The third-order valence-electron chi connectivity index (χ3n) is 3.84. The Morgan fingerprint density at radius 3 is 2.92 bits per heavy atom. The maximum Gasteiger partial charge on any atom is 0.254 e. The lowest BCUT2D eigenvalue weighted by Crippen LogP contribution is -2.39. The average Bonchev–Trinajstić information content (AvgIpc) is 2.61. The fraction of sp³-hybridized carbons (Fsp3) is 0.333. The number of halogens is 1. The van der Waals surface area contributed by atoms with Crippen LogP contribution < -0.4 is 5.32 Å². The normalized spacial score (nSPS) is 15.2. The van der Waals surface area contributed by atoms with Gasteiger partial charge in [0.05, 0.1) is 5.56 Å². The molecule has 2 heterocycles. The van der Waals surface area contributed by atoms with Gasteiger partial charge in [0.1, 0.15) is 5.03 Å². The Bertz CT molecular complexity index is 705. The lowest BCUT2D eigenvalue weighted by molar-refractivity contribution is 0.0695. The minimum atomic E-state index is -0.0493. The van der Waals surface area contributed by atoms with E-state index in [-0.39, 0.29) is 11.9 Å². The molecule has 1 aromatic carbocycles. The molecule has 0 radical (unpaired) electrons. The van der Waals surface area contributed by atoms with Crippen molar-refractivity contribution in [2.75, 3.05) is 13.2 Å². The van der Waals surface area contributed by atoms with Crippen molar-refractivity contribution >= 4 is 33.6 Å². The maximum atomic E-state index is 12.6. The van der Waals surface area contributed by atoms with Crippen LogP contribution in [-0.4, -0.2) is 30.1 Å². The number of carbonyl (C=O) groups excluding carboxylic acids is 1. The predicted octanol–water partition coefficient (Wildman–Crippen LogP) is 4.05. The first-order valence-corrected chi connectivity index (χ1v) is 9.71. The van der Waals surface area contributed by atoms with Crippen molar-refractivity contribution in [3.8, 4) is 0 Å². The van der Waals surface area contributed by atoms with Crippen molar-refractivity contribution in [2.24, 2.45) is 0 Å². The summed E-state index contributed by atoms with van der Waals surface area (Å²) in [7, 11) is 0. The van der Waals surface area contributed by atoms with Crippen molar-refractivity contribution in [2.45, 2.75) is 29.7 Å². The smallest absolute Gasteiger partial charge is 0.254 e. The van der Waals surface area contributed by atoms with Crippen molar-refractivity contribution < 1.29 is 9.53 Å². The van der Waals surface area contributed by atoms with Crippen LogP contribution in [0.25, 0.3) is 0 Å². The van der Waals surface area contributed by atoms with E-state index < -0.39 is 0 Å². The summed E-state index contributed by atoms with van der Waals surface area (Å²) in [5, 5.41) is 3.87. The number of amides is 1. The summed E-state index contributed by atoms with van der Waals surface area (Å²) < 4.78 is 6.39. The molecule has 24 heavy (non-hydrogen) atoms. The van der Waals surface area contributed by atoms with Gasteiger partial charge in [0.15, 0.2) is 0 Å². The van der Waals surface area contributed by atoms with Gasteiger partial charge in [-0.1, -0.05) is 28.1 Å². The van der Waals surface area contributed by atoms with E-state index in [1.165, 1.54) is 5.56 Å². The monoisotopic (exact) mass is 406 g/mol. The highest BCUT2D eigenvalue weighted by Crippen LogP contribution is 2.25. The fourth-order valence-electron chi connectivity index (χ4n) is 2.56. The average molecular weight is 407 g/mol. The fourth-order valence-corrected chi connectivity index (χ4v) is 3.94. The van der Waals surface area contributed by atoms with E-state index in [4.69, 9.17) is 4.74 Å². The number of hydrogen-bond acceptors (Lipinski definition) is 4. The van der Waals surface area contributed by atoms with Gasteiger partial charge in [0.25, 0.3) is 5.91 Å². The minimum Gasteiger partial charge on any atom is -0.381 e. The van der Waals surface area contributed by atoms with Gasteiger partial charge in [0.2, 0.25) is 0 Å². The molecule has 0 aliphatic carbocycles. The summed E-state index contributed by atoms with van der Waals surface area (Å²) in [6.45, 7) is 1.42. The summed E-state index contributed by atoms with van der Waals surface area (Å²) in [6, 6.07) is 12.0. The van der Waals surface area contributed by atoms with Gasteiger partial charge in [0, 0.05) is 35.7 Å². The Balaban J connectivity index is 1.66. The van der Waals surface area contributed by atoms with E-state index in [1.807, 2.05) is 24.3 Å². The molecular formula is C18H19BrN2O2S. The van der Waals surface area contributed by atoms with E-state index in [0.29, 0.717) is 18.8 Å². The van der Waals surface area contributed by atoms with Gasteiger partial charge < -0.3 is 10.1 Å².